The van der Waals surface area contributed by atoms with E-state index in [1.54, 1.807) is 36.4 Å². The molecule has 0 aliphatic carbocycles. The number of ketones is 2. The van der Waals surface area contributed by atoms with Crippen molar-refractivity contribution >= 4 is 40.5 Å². The van der Waals surface area contributed by atoms with Crippen molar-refractivity contribution in [1.29, 1.82) is 0 Å². The van der Waals surface area contributed by atoms with Gasteiger partial charge in [-0.25, -0.2) is 0 Å². The van der Waals surface area contributed by atoms with E-state index >= 15 is 0 Å². The van der Waals surface area contributed by atoms with Crippen LogP contribution in [0, 0.1) is 0 Å². The monoisotopic (exact) mass is 333 g/mol. The second-order valence-corrected chi connectivity index (χ2v) is 5.42. The van der Waals surface area contributed by atoms with Gasteiger partial charge in [0.2, 0.25) is 0 Å². The van der Waals surface area contributed by atoms with Crippen molar-refractivity contribution in [1.82, 2.24) is 0 Å². The summed E-state index contributed by atoms with van der Waals surface area (Å²) in [6, 6.07) is 11.7. The smallest absolute Gasteiger partial charge is 0.187 e. The normalized spacial score (nSPS) is 10.7. The number of Topliss-reactive ketones (excluding diaryl/α,β-unsaturated/α-hetero) is 1. The van der Waals surface area contributed by atoms with Crippen LogP contribution >= 0.6 is 23.2 Å². The first-order chi connectivity index (χ1) is 10.5. The minimum atomic E-state index is -0.188. The zero-order valence-corrected chi connectivity index (χ0v) is 13.3. The van der Waals surface area contributed by atoms with Crippen molar-refractivity contribution in [2.24, 2.45) is 0 Å². The number of hydrogen-bond acceptors (Lipinski definition) is 3. The molecule has 5 heteroatoms. The number of halogens is 2. The summed E-state index contributed by atoms with van der Waals surface area (Å²) in [7, 11) is 0. The highest BCUT2D eigenvalue weighted by Crippen LogP contribution is 2.22. The molecule has 0 aliphatic rings. The molecule has 0 aliphatic heterocycles. The topological polar surface area (TPSA) is 46.2 Å². The van der Waals surface area contributed by atoms with E-state index in [1.165, 1.54) is 25.3 Å². The van der Waals surface area contributed by atoms with Crippen LogP contribution in [0.15, 0.2) is 54.7 Å². The molecule has 2 rings (SSSR count). The van der Waals surface area contributed by atoms with Gasteiger partial charge in [0.15, 0.2) is 11.6 Å². The van der Waals surface area contributed by atoms with E-state index in [0.29, 0.717) is 21.2 Å². The summed E-state index contributed by atoms with van der Waals surface area (Å²) in [5.74, 6) is -0.177. The van der Waals surface area contributed by atoms with Gasteiger partial charge in [0.05, 0.1) is 10.0 Å². The summed E-state index contributed by atoms with van der Waals surface area (Å²) in [4.78, 5) is 23.1. The highest BCUT2D eigenvalue weighted by molar-refractivity contribution is 6.42. The van der Waals surface area contributed by atoms with Crippen molar-refractivity contribution in [3.05, 3.63) is 75.9 Å². The molecule has 0 fully saturated rings. The van der Waals surface area contributed by atoms with Crippen LogP contribution in [0.5, 0.6) is 0 Å². The fourth-order valence-electron chi connectivity index (χ4n) is 1.76. The predicted molar refractivity (Wildman–Crippen MR) is 90.0 cm³/mol. The van der Waals surface area contributed by atoms with Crippen molar-refractivity contribution in [2.45, 2.75) is 6.92 Å². The first kappa shape index (κ1) is 16.3. The predicted octanol–water partition coefficient (Wildman–Crippen LogP) is 5.00. The molecule has 22 heavy (non-hydrogen) atoms. The minimum absolute atomic E-state index is 0.0110. The van der Waals surface area contributed by atoms with Gasteiger partial charge in [-0.2, -0.15) is 0 Å². The molecule has 0 saturated carbocycles. The zero-order chi connectivity index (χ0) is 16.1. The van der Waals surface area contributed by atoms with Gasteiger partial charge in [-0.3, -0.25) is 9.59 Å². The summed E-state index contributed by atoms with van der Waals surface area (Å²) < 4.78 is 0. The van der Waals surface area contributed by atoms with Gasteiger partial charge in [0, 0.05) is 29.1 Å². The largest absolute Gasteiger partial charge is 0.362 e. The maximum Gasteiger partial charge on any atom is 0.187 e. The molecule has 0 bridgehead atoms. The van der Waals surface area contributed by atoms with E-state index < -0.39 is 0 Å². The fraction of sp³-hybridized carbons (Fsp3) is 0.0588. The average molecular weight is 334 g/mol. The Bertz CT molecular complexity index is 737. The van der Waals surface area contributed by atoms with Gasteiger partial charge < -0.3 is 5.32 Å². The second-order valence-electron chi connectivity index (χ2n) is 4.60. The fourth-order valence-corrected chi connectivity index (χ4v) is 2.06. The quantitative estimate of drug-likeness (QED) is 0.618. The Balaban J connectivity index is 2.00. The zero-order valence-electron chi connectivity index (χ0n) is 11.8. The summed E-state index contributed by atoms with van der Waals surface area (Å²) in [5.41, 5.74) is 1.88. The van der Waals surface area contributed by atoms with Gasteiger partial charge in [-0.05, 0) is 49.4 Å². The van der Waals surface area contributed by atoms with Gasteiger partial charge in [-0.1, -0.05) is 23.2 Å². The Morgan fingerprint density at radius 1 is 0.955 bits per heavy atom. The summed E-state index contributed by atoms with van der Waals surface area (Å²) >= 11 is 11.7. The number of rotatable bonds is 5. The van der Waals surface area contributed by atoms with E-state index in [9.17, 15) is 9.59 Å². The third-order valence-electron chi connectivity index (χ3n) is 2.98. The Hall–Kier alpha value is -2.10. The number of carbonyl (C=O) groups is 2. The van der Waals surface area contributed by atoms with E-state index in [1.807, 2.05) is 0 Å². The summed E-state index contributed by atoms with van der Waals surface area (Å²) in [6.45, 7) is 1.51. The Morgan fingerprint density at radius 2 is 1.59 bits per heavy atom. The molecule has 1 N–H and O–H groups in total. The van der Waals surface area contributed by atoms with Crippen molar-refractivity contribution in [3.63, 3.8) is 0 Å². The van der Waals surface area contributed by atoms with Gasteiger partial charge in [0.1, 0.15) is 0 Å². The molecule has 0 heterocycles. The molecule has 0 spiro atoms. The van der Waals surface area contributed by atoms with Crippen LogP contribution in [0.1, 0.15) is 27.6 Å². The van der Waals surface area contributed by atoms with Crippen LogP contribution in [-0.4, -0.2) is 11.6 Å². The first-order valence-electron chi connectivity index (χ1n) is 6.51. The lowest BCUT2D eigenvalue weighted by Gasteiger charge is -2.02. The molecular formula is C17H13Cl2NO2. The first-order valence-corrected chi connectivity index (χ1v) is 7.26. The van der Waals surface area contributed by atoms with Crippen LogP contribution in [-0.2, 0) is 0 Å². The Labute approximate surface area is 138 Å². The average Bonchev–Trinajstić information content (AvgIpc) is 2.50. The third kappa shape index (κ3) is 4.20. The number of anilines is 1. The SMILES string of the molecule is CC(=O)c1ccc(N/C=C\C(=O)c2ccc(Cl)c(Cl)c2)cc1. The Kier molecular flexibility index (Phi) is 5.36. The van der Waals surface area contributed by atoms with Crippen LogP contribution in [0.25, 0.3) is 0 Å². The third-order valence-corrected chi connectivity index (χ3v) is 3.72. The van der Waals surface area contributed by atoms with Crippen LogP contribution in [0.4, 0.5) is 5.69 Å². The highest BCUT2D eigenvalue weighted by Gasteiger charge is 2.05. The van der Waals surface area contributed by atoms with E-state index in [2.05, 4.69) is 5.32 Å². The van der Waals surface area contributed by atoms with E-state index in [-0.39, 0.29) is 11.6 Å². The van der Waals surface area contributed by atoms with Crippen molar-refractivity contribution in [2.75, 3.05) is 5.32 Å². The molecule has 0 unspecified atom stereocenters. The standard InChI is InChI=1S/C17H13Cl2NO2/c1-11(21)12-2-5-14(6-3-12)20-9-8-17(22)13-4-7-15(18)16(19)10-13/h2-10,20H,1H3/b9-8-. The summed E-state index contributed by atoms with van der Waals surface area (Å²) in [5, 5.41) is 3.72. The lowest BCUT2D eigenvalue weighted by atomic mass is 10.1. The van der Waals surface area contributed by atoms with Crippen molar-refractivity contribution < 1.29 is 9.59 Å². The summed E-state index contributed by atoms with van der Waals surface area (Å²) in [6.07, 6.45) is 2.94. The van der Waals surface area contributed by atoms with Crippen LogP contribution < -0.4 is 5.32 Å². The van der Waals surface area contributed by atoms with Crippen LogP contribution in [0.2, 0.25) is 10.0 Å². The minimum Gasteiger partial charge on any atom is -0.362 e. The molecule has 0 amide bonds. The molecule has 0 atom stereocenters. The number of nitrogens with one attached hydrogen (secondary N) is 1. The maximum absolute atomic E-state index is 12.0. The maximum atomic E-state index is 12.0. The van der Waals surface area contributed by atoms with Gasteiger partial charge >= 0.3 is 0 Å². The number of allylic oxidation sites excluding steroid dienone is 1. The van der Waals surface area contributed by atoms with Crippen molar-refractivity contribution in [3.8, 4) is 0 Å². The van der Waals surface area contributed by atoms with Gasteiger partial charge in [-0.15, -0.1) is 0 Å². The molecule has 0 aromatic heterocycles. The van der Waals surface area contributed by atoms with E-state index in [0.717, 1.165) is 5.69 Å². The molecule has 3 nitrogen and oxygen atoms in total. The lowest BCUT2D eigenvalue weighted by molar-refractivity contribution is 0.101. The van der Waals surface area contributed by atoms with Crippen LogP contribution in [0.3, 0.4) is 0 Å². The number of hydrogen-bond donors (Lipinski definition) is 1. The molecule has 2 aromatic rings. The highest BCUT2D eigenvalue weighted by atomic mass is 35.5. The molecule has 0 saturated heterocycles. The second kappa shape index (κ2) is 7.25. The molecule has 0 radical (unpaired) electrons. The Morgan fingerprint density at radius 3 is 2.18 bits per heavy atom. The molecule has 2 aromatic carbocycles. The lowest BCUT2D eigenvalue weighted by Crippen LogP contribution is -1.97. The number of benzene rings is 2. The molecule has 112 valence electrons. The molecular weight excluding hydrogens is 321 g/mol. The number of carbonyl (C=O) groups excluding carboxylic acids is 2. The van der Waals surface area contributed by atoms with E-state index in [4.69, 9.17) is 23.2 Å². The van der Waals surface area contributed by atoms with Gasteiger partial charge in [0.25, 0.3) is 0 Å².